The quantitative estimate of drug-likeness (QED) is 0.513. The van der Waals surface area contributed by atoms with E-state index >= 15 is 0 Å². The summed E-state index contributed by atoms with van der Waals surface area (Å²) in [5.41, 5.74) is 2.27. The summed E-state index contributed by atoms with van der Waals surface area (Å²) in [6.45, 7) is 0.986. The highest BCUT2D eigenvalue weighted by Crippen LogP contribution is 2.66. The van der Waals surface area contributed by atoms with Crippen LogP contribution in [-0.2, 0) is 16.6 Å². The van der Waals surface area contributed by atoms with E-state index < -0.39 is 9.34 Å². The average molecular weight is 536 g/mol. The molecule has 0 radical (unpaired) electrons. The average Bonchev–Trinajstić information content (AvgIpc) is 2.90. The Hall–Kier alpha value is -0.110. The summed E-state index contributed by atoms with van der Waals surface area (Å²) in [6, 6.07) is 2.39. The molecule has 1 saturated heterocycles. The van der Waals surface area contributed by atoms with Crippen molar-refractivity contribution in [2.75, 3.05) is 20.7 Å². The molecule has 0 amide bonds. The summed E-state index contributed by atoms with van der Waals surface area (Å²) in [6.07, 6.45) is 2.22. The molecule has 7 heteroatoms. The van der Waals surface area contributed by atoms with E-state index in [0.29, 0.717) is 17.7 Å². The predicted molar refractivity (Wildman–Crippen MR) is 105 cm³/mol. The number of piperidine rings is 1. The molecule has 0 unspecified atom stereocenters. The highest BCUT2D eigenvalue weighted by molar-refractivity contribution is 9.25. The lowest BCUT2D eigenvalue weighted by molar-refractivity contribution is -0.138. The van der Waals surface area contributed by atoms with Crippen LogP contribution >= 0.6 is 47.8 Å². The molecule has 2 bridgehead atoms. The zero-order valence-corrected chi connectivity index (χ0v) is 18.7. The van der Waals surface area contributed by atoms with Gasteiger partial charge in [0.05, 0.1) is 7.11 Å². The number of hydrogen-bond donors (Lipinski definition) is 0. The minimum atomic E-state index is -0.709. The molecule has 2 aliphatic carbocycles. The van der Waals surface area contributed by atoms with Crippen LogP contribution in [0.1, 0.15) is 24.0 Å². The highest BCUT2D eigenvalue weighted by Gasteiger charge is 2.70. The van der Waals surface area contributed by atoms with Crippen LogP contribution in [0.25, 0.3) is 0 Å². The van der Waals surface area contributed by atoms with E-state index in [0.717, 1.165) is 36.0 Å². The van der Waals surface area contributed by atoms with Gasteiger partial charge in [0, 0.05) is 21.5 Å². The van der Waals surface area contributed by atoms with Gasteiger partial charge in [0.25, 0.3) is 0 Å². The fourth-order valence-corrected chi connectivity index (χ4v) is 7.32. The van der Waals surface area contributed by atoms with Gasteiger partial charge in [-0.2, -0.15) is 0 Å². The van der Waals surface area contributed by atoms with Gasteiger partial charge in [0.2, 0.25) is 5.78 Å². The molecule has 4 atom stereocenters. The van der Waals surface area contributed by atoms with Crippen molar-refractivity contribution >= 4 is 53.6 Å². The first-order valence-electron chi connectivity index (χ1n) is 8.50. The first kappa shape index (κ1) is 17.0. The van der Waals surface area contributed by atoms with Crippen LogP contribution in [-0.4, -0.2) is 46.8 Å². The van der Waals surface area contributed by atoms with Crippen LogP contribution in [0.3, 0.4) is 0 Å². The van der Waals surface area contributed by atoms with Gasteiger partial charge in [-0.25, -0.2) is 0 Å². The Bertz CT molecular complexity index is 811. The second-order valence-corrected chi connectivity index (χ2v) is 12.3. The summed E-state index contributed by atoms with van der Waals surface area (Å²) in [5.74, 6) is 1.95. The molecule has 1 aromatic carbocycles. The summed E-state index contributed by atoms with van der Waals surface area (Å²) >= 11 is 11.0. The lowest BCUT2D eigenvalue weighted by Gasteiger charge is -2.58. The highest BCUT2D eigenvalue weighted by atomic mass is 79.9. The van der Waals surface area contributed by atoms with Gasteiger partial charge < -0.3 is 14.4 Å². The molecule has 1 aromatic rings. The predicted octanol–water partition coefficient (Wildman–Crippen LogP) is 3.79. The maximum atomic E-state index is 13.3. The van der Waals surface area contributed by atoms with E-state index in [1.165, 1.54) is 11.1 Å². The Morgan fingerprint density at radius 1 is 1.40 bits per heavy atom. The van der Waals surface area contributed by atoms with Crippen molar-refractivity contribution in [2.45, 2.75) is 40.1 Å². The molecule has 4 aliphatic rings. The molecule has 0 aromatic heterocycles. The fraction of sp³-hybridized carbons (Fsp3) is 0.611. The zero-order valence-electron chi connectivity index (χ0n) is 13.9. The molecule has 2 fully saturated rings. The number of methoxy groups -OCH3 is 1. The first-order valence-corrected chi connectivity index (χ1v) is 10.9. The topological polar surface area (TPSA) is 38.8 Å². The number of nitrogens with zero attached hydrogens (tertiary/aromatic N) is 1. The van der Waals surface area contributed by atoms with Crippen LogP contribution in [0.5, 0.6) is 11.5 Å². The molecule has 1 saturated carbocycles. The Labute approximate surface area is 172 Å². The van der Waals surface area contributed by atoms with Crippen LogP contribution in [0.4, 0.5) is 0 Å². The Morgan fingerprint density at radius 2 is 2.16 bits per heavy atom. The number of likely N-dealkylation sites (tertiary alicyclic amines) is 1. The van der Waals surface area contributed by atoms with E-state index in [9.17, 15) is 4.79 Å². The van der Waals surface area contributed by atoms with Gasteiger partial charge in [-0.15, -0.1) is 0 Å². The van der Waals surface area contributed by atoms with Gasteiger partial charge in [0.15, 0.2) is 17.6 Å². The zero-order chi connectivity index (χ0) is 17.7. The Balaban J connectivity index is 1.84. The second-order valence-electron chi connectivity index (χ2n) is 7.66. The number of ether oxygens (including phenoxy) is 2. The number of carbonyl (C=O) groups is 1. The van der Waals surface area contributed by atoms with Gasteiger partial charge in [-0.3, -0.25) is 4.79 Å². The molecule has 4 nitrogen and oxygen atoms in total. The standard InChI is InChI=1S/C18H18Br3NO3/c1-22-4-3-17-9-7-18(20,21)15(23)16(17)25-14-12(24-2)6-10(19)8(13(14)17)5-11(9)22/h6,9,11,16H,3-5,7H2,1-2H3/t9-,11+,16-,17-/m0/s1. The van der Waals surface area contributed by atoms with Crippen LogP contribution < -0.4 is 9.47 Å². The van der Waals surface area contributed by atoms with Crippen molar-refractivity contribution in [1.29, 1.82) is 0 Å². The number of carbonyl (C=O) groups excluding carboxylic acids is 1. The number of ketones is 1. The van der Waals surface area contributed by atoms with E-state index in [2.05, 4.69) is 59.7 Å². The maximum Gasteiger partial charge on any atom is 0.201 e. The molecule has 5 rings (SSSR count). The minimum absolute atomic E-state index is 0.0919. The minimum Gasteiger partial charge on any atom is -0.493 e. The number of hydrogen-bond acceptors (Lipinski definition) is 4. The van der Waals surface area contributed by atoms with Crippen molar-refractivity contribution < 1.29 is 14.3 Å². The molecule has 25 heavy (non-hydrogen) atoms. The third-order valence-corrected chi connectivity index (χ3v) is 8.88. The number of halogens is 3. The maximum absolute atomic E-state index is 13.3. The van der Waals surface area contributed by atoms with E-state index in [-0.39, 0.29) is 11.2 Å². The lowest BCUT2D eigenvalue weighted by Crippen LogP contribution is -2.68. The number of rotatable bonds is 1. The van der Waals surface area contributed by atoms with E-state index in [1.807, 2.05) is 6.07 Å². The van der Waals surface area contributed by atoms with Gasteiger partial charge in [-0.1, -0.05) is 47.8 Å². The number of likely N-dealkylation sites (N-methyl/N-ethyl adjacent to an activating group) is 1. The van der Waals surface area contributed by atoms with Crippen molar-refractivity contribution in [1.82, 2.24) is 4.90 Å². The summed E-state index contributed by atoms with van der Waals surface area (Å²) < 4.78 is 12.3. The summed E-state index contributed by atoms with van der Waals surface area (Å²) in [7, 11) is 3.86. The molecule has 2 aliphatic heterocycles. The molecule has 2 heterocycles. The van der Waals surface area contributed by atoms with E-state index in [1.54, 1.807) is 7.11 Å². The van der Waals surface area contributed by atoms with Crippen molar-refractivity contribution in [3.8, 4) is 11.5 Å². The first-order chi connectivity index (χ1) is 11.8. The Kier molecular flexibility index (Phi) is 3.57. The van der Waals surface area contributed by atoms with Gasteiger partial charge >= 0.3 is 0 Å². The second kappa shape index (κ2) is 5.24. The third kappa shape index (κ3) is 1.94. The van der Waals surface area contributed by atoms with Crippen molar-refractivity contribution in [2.24, 2.45) is 5.92 Å². The Morgan fingerprint density at radius 3 is 2.88 bits per heavy atom. The summed E-state index contributed by atoms with van der Waals surface area (Å²) in [5, 5.41) is 0. The van der Waals surface area contributed by atoms with Gasteiger partial charge in [0.1, 0.15) is 3.23 Å². The monoisotopic (exact) mass is 533 g/mol. The SMILES string of the molecule is COc1cc(Br)c2c3c1O[C@H]1C(=O)C(Br)(Br)C[C@H]4[C@@H](C2)N(C)CC[C@]314. The van der Waals surface area contributed by atoms with Gasteiger partial charge in [-0.05, 0) is 50.4 Å². The van der Waals surface area contributed by atoms with Crippen molar-refractivity contribution in [3.05, 3.63) is 21.7 Å². The van der Waals surface area contributed by atoms with Crippen LogP contribution in [0.2, 0.25) is 0 Å². The smallest absolute Gasteiger partial charge is 0.201 e. The van der Waals surface area contributed by atoms with Crippen LogP contribution in [0, 0.1) is 5.92 Å². The fourth-order valence-electron chi connectivity index (χ4n) is 5.64. The molecular formula is C18H18Br3NO3. The lowest BCUT2D eigenvalue weighted by atomic mass is 9.51. The molecule has 0 N–H and O–H groups in total. The number of benzene rings is 1. The third-order valence-electron chi connectivity index (χ3n) is 6.75. The largest absolute Gasteiger partial charge is 0.493 e. The van der Waals surface area contributed by atoms with Crippen LogP contribution in [0.15, 0.2) is 10.5 Å². The van der Waals surface area contributed by atoms with Crippen molar-refractivity contribution in [3.63, 3.8) is 0 Å². The van der Waals surface area contributed by atoms with E-state index in [4.69, 9.17) is 9.47 Å². The molecule has 1 spiro atoms. The molecular weight excluding hydrogens is 518 g/mol. The molecule has 134 valence electrons. The summed E-state index contributed by atoms with van der Waals surface area (Å²) in [4.78, 5) is 15.7. The normalized spacial score (nSPS) is 37.5. The number of alkyl halides is 2. The number of Topliss-reactive ketones (excluding diaryl/α,β-unsaturated/α-hetero) is 1.